The highest BCUT2D eigenvalue weighted by molar-refractivity contribution is 7.89. The SMILES string of the molecule is O=C(NC1CC1)c1ccc(CN(C(=O)c2cccc(S(=O)(=O)N3CCCCCC3)c2)C2CC2)cc1. The van der Waals surface area contributed by atoms with E-state index >= 15 is 0 Å². The molecule has 8 heteroatoms. The summed E-state index contributed by atoms with van der Waals surface area (Å²) in [5, 5.41) is 2.99. The third-order valence-electron chi connectivity index (χ3n) is 7.01. The van der Waals surface area contributed by atoms with Gasteiger partial charge < -0.3 is 10.2 Å². The molecule has 2 aromatic carbocycles. The Labute approximate surface area is 207 Å². The van der Waals surface area contributed by atoms with Crippen molar-refractivity contribution in [2.24, 2.45) is 0 Å². The van der Waals surface area contributed by atoms with E-state index in [9.17, 15) is 18.0 Å². The summed E-state index contributed by atoms with van der Waals surface area (Å²) >= 11 is 0. The topological polar surface area (TPSA) is 86.8 Å². The lowest BCUT2D eigenvalue weighted by Crippen LogP contribution is -2.34. The van der Waals surface area contributed by atoms with Crippen molar-refractivity contribution in [2.45, 2.75) is 74.9 Å². The molecule has 2 saturated carbocycles. The van der Waals surface area contributed by atoms with Crippen LogP contribution in [0, 0.1) is 0 Å². The Bertz CT molecular complexity index is 1180. The quantitative estimate of drug-likeness (QED) is 0.601. The third kappa shape index (κ3) is 5.76. The highest BCUT2D eigenvalue weighted by Crippen LogP contribution is 2.31. The normalized spacial score (nSPS) is 19.1. The lowest BCUT2D eigenvalue weighted by molar-refractivity contribution is 0.0729. The summed E-state index contributed by atoms with van der Waals surface area (Å²) in [4.78, 5) is 27.8. The van der Waals surface area contributed by atoms with Crippen molar-refractivity contribution in [3.8, 4) is 0 Å². The van der Waals surface area contributed by atoms with E-state index < -0.39 is 10.0 Å². The van der Waals surface area contributed by atoms with Gasteiger partial charge in [-0.3, -0.25) is 9.59 Å². The number of rotatable bonds is 8. The highest BCUT2D eigenvalue weighted by atomic mass is 32.2. The smallest absolute Gasteiger partial charge is 0.254 e. The van der Waals surface area contributed by atoms with E-state index in [1.807, 2.05) is 17.0 Å². The summed E-state index contributed by atoms with van der Waals surface area (Å²) in [6.45, 7) is 1.49. The van der Waals surface area contributed by atoms with Gasteiger partial charge in [0.15, 0.2) is 0 Å². The maximum absolute atomic E-state index is 13.5. The number of sulfonamides is 1. The maximum atomic E-state index is 13.5. The third-order valence-corrected chi connectivity index (χ3v) is 8.91. The van der Waals surface area contributed by atoms with Gasteiger partial charge in [0.1, 0.15) is 0 Å². The second-order valence-electron chi connectivity index (χ2n) is 9.96. The first kappa shape index (κ1) is 24.0. The van der Waals surface area contributed by atoms with Crippen molar-refractivity contribution in [1.29, 1.82) is 0 Å². The zero-order valence-corrected chi connectivity index (χ0v) is 20.8. The Hall–Kier alpha value is -2.71. The van der Waals surface area contributed by atoms with Crippen LogP contribution in [0.5, 0.6) is 0 Å². The molecule has 0 atom stereocenters. The number of benzene rings is 2. The van der Waals surface area contributed by atoms with Gasteiger partial charge in [0.25, 0.3) is 11.8 Å². The van der Waals surface area contributed by atoms with Gasteiger partial charge in [-0.15, -0.1) is 0 Å². The minimum absolute atomic E-state index is 0.0587. The fourth-order valence-corrected chi connectivity index (χ4v) is 6.16. The Morgan fingerprint density at radius 3 is 2.20 bits per heavy atom. The minimum atomic E-state index is -3.62. The van der Waals surface area contributed by atoms with E-state index in [2.05, 4.69) is 5.32 Å². The number of carbonyl (C=O) groups is 2. The summed E-state index contributed by atoms with van der Waals surface area (Å²) in [6.07, 6.45) is 7.81. The Morgan fingerprint density at radius 2 is 1.57 bits per heavy atom. The monoisotopic (exact) mass is 495 g/mol. The molecule has 0 radical (unpaired) electrons. The van der Waals surface area contributed by atoms with Crippen LogP contribution in [0.1, 0.15) is 77.6 Å². The first-order chi connectivity index (χ1) is 16.9. The molecule has 3 aliphatic rings. The summed E-state index contributed by atoms with van der Waals surface area (Å²) in [5.74, 6) is -0.215. The number of hydrogen-bond acceptors (Lipinski definition) is 4. The zero-order chi connectivity index (χ0) is 24.4. The van der Waals surface area contributed by atoms with Crippen molar-refractivity contribution in [3.05, 3.63) is 65.2 Å². The van der Waals surface area contributed by atoms with Crippen LogP contribution in [0.15, 0.2) is 53.4 Å². The van der Waals surface area contributed by atoms with Gasteiger partial charge >= 0.3 is 0 Å². The molecule has 7 nitrogen and oxygen atoms in total. The van der Waals surface area contributed by atoms with Crippen LogP contribution in [0.4, 0.5) is 0 Å². The molecule has 0 spiro atoms. The van der Waals surface area contributed by atoms with Crippen LogP contribution >= 0.6 is 0 Å². The van der Waals surface area contributed by atoms with Crippen molar-refractivity contribution >= 4 is 21.8 Å². The molecule has 1 heterocycles. The Balaban J connectivity index is 1.31. The lowest BCUT2D eigenvalue weighted by Gasteiger charge is -2.24. The van der Waals surface area contributed by atoms with Gasteiger partial charge in [-0.1, -0.05) is 31.0 Å². The van der Waals surface area contributed by atoms with Crippen LogP contribution in [0.2, 0.25) is 0 Å². The fraction of sp³-hybridized carbons (Fsp3) is 0.481. The fourth-order valence-electron chi connectivity index (χ4n) is 4.59. The molecule has 5 rings (SSSR count). The summed E-state index contributed by atoms with van der Waals surface area (Å²) in [5.41, 5.74) is 1.96. The summed E-state index contributed by atoms with van der Waals surface area (Å²) in [7, 11) is -3.62. The molecule has 3 fully saturated rings. The molecule has 1 N–H and O–H groups in total. The average molecular weight is 496 g/mol. The van der Waals surface area contributed by atoms with Crippen LogP contribution in [0.3, 0.4) is 0 Å². The zero-order valence-electron chi connectivity index (χ0n) is 20.0. The van der Waals surface area contributed by atoms with E-state index in [4.69, 9.17) is 0 Å². The molecule has 1 aliphatic heterocycles. The van der Waals surface area contributed by atoms with E-state index in [1.54, 1.807) is 34.6 Å². The number of hydrogen-bond donors (Lipinski definition) is 1. The second-order valence-corrected chi connectivity index (χ2v) is 11.9. The molecule has 186 valence electrons. The lowest BCUT2D eigenvalue weighted by atomic mass is 10.1. The van der Waals surface area contributed by atoms with Gasteiger partial charge in [0.2, 0.25) is 10.0 Å². The van der Waals surface area contributed by atoms with E-state index in [0.29, 0.717) is 36.8 Å². The van der Waals surface area contributed by atoms with E-state index in [0.717, 1.165) is 56.9 Å². The van der Waals surface area contributed by atoms with Crippen LogP contribution in [-0.2, 0) is 16.6 Å². The second kappa shape index (κ2) is 10.1. The van der Waals surface area contributed by atoms with Crippen LogP contribution in [0.25, 0.3) is 0 Å². The molecule has 0 aromatic heterocycles. The van der Waals surface area contributed by atoms with Crippen LogP contribution < -0.4 is 5.32 Å². The predicted octanol–water partition coefficient (Wildman–Crippen LogP) is 3.95. The van der Waals surface area contributed by atoms with Crippen molar-refractivity contribution in [2.75, 3.05) is 13.1 Å². The molecular formula is C27H33N3O4S. The number of nitrogens with zero attached hydrogens (tertiary/aromatic N) is 2. The van der Waals surface area contributed by atoms with Gasteiger partial charge in [-0.25, -0.2) is 8.42 Å². The first-order valence-corrected chi connectivity index (χ1v) is 14.2. The predicted molar refractivity (Wildman–Crippen MR) is 133 cm³/mol. The van der Waals surface area contributed by atoms with Gasteiger partial charge in [-0.05, 0) is 74.4 Å². The van der Waals surface area contributed by atoms with Crippen molar-refractivity contribution in [3.63, 3.8) is 0 Å². The van der Waals surface area contributed by atoms with Gasteiger partial charge in [0.05, 0.1) is 4.90 Å². The highest BCUT2D eigenvalue weighted by Gasteiger charge is 2.34. The Kier molecular flexibility index (Phi) is 6.93. The van der Waals surface area contributed by atoms with E-state index in [-0.39, 0.29) is 22.8 Å². The molecule has 35 heavy (non-hydrogen) atoms. The molecule has 2 amide bonds. The van der Waals surface area contributed by atoms with Gasteiger partial charge in [0, 0.05) is 42.8 Å². The molecular weight excluding hydrogens is 462 g/mol. The number of carbonyl (C=O) groups excluding carboxylic acids is 2. The first-order valence-electron chi connectivity index (χ1n) is 12.7. The van der Waals surface area contributed by atoms with Crippen molar-refractivity contribution < 1.29 is 18.0 Å². The molecule has 1 saturated heterocycles. The van der Waals surface area contributed by atoms with Crippen LogP contribution in [-0.4, -0.2) is 54.6 Å². The summed E-state index contributed by atoms with van der Waals surface area (Å²) < 4.78 is 28.1. The number of amides is 2. The maximum Gasteiger partial charge on any atom is 0.254 e. The number of nitrogens with one attached hydrogen (secondary N) is 1. The van der Waals surface area contributed by atoms with E-state index in [1.165, 1.54) is 6.07 Å². The van der Waals surface area contributed by atoms with Gasteiger partial charge in [-0.2, -0.15) is 4.31 Å². The standard InChI is InChI=1S/C27H33N3O4S/c31-26(28-23-12-13-23)21-10-8-20(9-11-21)19-30(24-14-15-24)27(32)22-6-5-7-25(18-22)35(33,34)29-16-3-1-2-4-17-29/h5-11,18,23-24H,1-4,12-17,19H2,(H,28,31). The molecule has 2 aliphatic carbocycles. The molecule has 0 bridgehead atoms. The molecule has 0 unspecified atom stereocenters. The largest absolute Gasteiger partial charge is 0.349 e. The van der Waals surface area contributed by atoms with Crippen molar-refractivity contribution in [1.82, 2.24) is 14.5 Å². The summed E-state index contributed by atoms with van der Waals surface area (Å²) in [6, 6.07) is 14.3. The Morgan fingerprint density at radius 1 is 0.886 bits per heavy atom. The molecule has 2 aromatic rings. The average Bonchev–Trinajstić information content (AvgIpc) is 3.76. The minimum Gasteiger partial charge on any atom is -0.349 e.